The predicted molar refractivity (Wildman–Crippen MR) is 182 cm³/mol. The van der Waals surface area contributed by atoms with E-state index in [0.717, 1.165) is 57.8 Å². The van der Waals surface area contributed by atoms with Gasteiger partial charge in [0.15, 0.2) is 12.4 Å². The molecule has 2 unspecified atom stereocenters. The third-order valence-corrected chi connectivity index (χ3v) is 7.76. The molecule has 270 valence electrons. The zero-order valence-electron chi connectivity index (χ0n) is 30.2. The van der Waals surface area contributed by atoms with E-state index in [2.05, 4.69) is 26.0 Å². The third kappa shape index (κ3) is 30.7. The van der Waals surface area contributed by atoms with Gasteiger partial charge in [0, 0.05) is 12.8 Å². The number of carbonyl (C=O) groups excluding carboxylic acids is 3. The van der Waals surface area contributed by atoms with E-state index in [4.69, 9.17) is 18.9 Å². The number of quaternary nitrogens is 1. The largest absolute Gasteiger partial charge is 0.545 e. The lowest BCUT2D eigenvalue weighted by atomic mass is 10.1. The summed E-state index contributed by atoms with van der Waals surface area (Å²) >= 11 is 0. The first-order valence-electron chi connectivity index (χ1n) is 18.3. The van der Waals surface area contributed by atoms with E-state index >= 15 is 0 Å². The van der Waals surface area contributed by atoms with Gasteiger partial charge in [-0.1, -0.05) is 109 Å². The van der Waals surface area contributed by atoms with Crippen LogP contribution in [0.3, 0.4) is 0 Å². The molecule has 0 aromatic heterocycles. The number of nitrogens with zero attached hydrogens (tertiary/aromatic N) is 1. The van der Waals surface area contributed by atoms with E-state index in [1.165, 1.54) is 57.8 Å². The maximum Gasteiger partial charge on any atom is 0.306 e. The second-order valence-electron chi connectivity index (χ2n) is 13.5. The Bertz CT molecular complexity index is 780. The fourth-order valence-corrected chi connectivity index (χ4v) is 4.82. The summed E-state index contributed by atoms with van der Waals surface area (Å²) in [5.74, 6) is -2.31. The van der Waals surface area contributed by atoms with E-state index in [-0.39, 0.29) is 32.2 Å². The molecule has 0 spiro atoms. The summed E-state index contributed by atoms with van der Waals surface area (Å²) < 4.78 is 22.3. The van der Waals surface area contributed by atoms with E-state index in [1.54, 1.807) is 0 Å². The van der Waals surface area contributed by atoms with Crippen LogP contribution in [0.1, 0.15) is 149 Å². The lowest BCUT2D eigenvalue weighted by molar-refractivity contribution is -0.870. The SMILES string of the molecule is CCCCCCCC/C=C\CCCCCCCC(=O)OC(COC(=O)CCCCCCCC)COC(OCC[N+](C)(C)C)C(=O)[O-]. The van der Waals surface area contributed by atoms with Crippen LogP contribution in [-0.2, 0) is 33.3 Å². The number of carbonyl (C=O) groups is 3. The smallest absolute Gasteiger partial charge is 0.306 e. The van der Waals surface area contributed by atoms with Gasteiger partial charge in [0.05, 0.1) is 40.3 Å². The lowest BCUT2D eigenvalue weighted by Gasteiger charge is -2.26. The monoisotopic (exact) mass is 656 g/mol. The molecule has 0 saturated heterocycles. The number of hydrogen-bond donors (Lipinski definition) is 0. The Morgan fingerprint density at radius 2 is 1.11 bits per heavy atom. The van der Waals surface area contributed by atoms with E-state index in [0.29, 0.717) is 23.9 Å². The van der Waals surface area contributed by atoms with Crippen LogP contribution in [0.15, 0.2) is 12.2 Å². The molecule has 0 aliphatic heterocycles. The summed E-state index contributed by atoms with van der Waals surface area (Å²) in [6, 6.07) is 0. The number of ether oxygens (including phenoxy) is 4. The lowest BCUT2D eigenvalue weighted by Crippen LogP contribution is -2.44. The topological polar surface area (TPSA) is 111 Å². The highest BCUT2D eigenvalue weighted by Crippen LogP contribution is 2.12. The van der Waals surface area contributed by atoms with Gasteiger partial charge in [0.2, 0.25) is 0 Å². The maximum absolute atomic E-state index is 12.6. The van der Waals surface area contributed by atoms with Gasteiger partial charge in [-0.15, -0.1) is 0 Å². The third-order valence-electron chi connectivity index (χ3n) is 7.76. The Labute approximate surface area is 281 Å². The van der Waals surface area contributed by atoms with Crippen LogP contribution in [0.5, 0.6) is 0 Å². The molecule has 0 aliphatic rings. The minimum Gasteiger partial charge on any atom is -0.545 e. The molecule has 2 atom stereocenters. The van der Waals surface area contributed by atoms with Crippen molar-refractivity contribution in [2.45, 2.75) is 161 Å². The van der Waals surface area contributed by atoms with Gasteiger partial charge < -0.3 is 33.3 Å². The molecule has 0 radical (unpaired) electrons. The summed E-state index contributed by atoms with van der Waals surface area (Å²) in [7, 11) is 5.88. The molecule has 46 heavy (non-hydrogen) atoms. The first kappa shape index (κ1) is 44.0. The van der Waals surface area contributed by atoms with Crippen LogP contribution in [0.2, 0.25) is 0 Å². The zero-order chi connectivity index (χ0) is 34.3. The minimum atomic E-state index is -1.61. The Balaban J connectivity index is 4.49. The van der Waals surface area contributed by atoms with Crippen molar-refractivity contribution in [2.24, 2.45) is 0 Å². The highest BCUT2D eigenvalue weighted by atomic mass is 16.7. The molecule has 0 N–H and O–H groups in total. The van der Waals surface area contributed by atoms with E-state index < -0.39 is 24.3 Å². The van der Waals surface area contributed by atoms with Crippen molar-refractivity contribution in [2.75, 3.05) is 47.5 Å². The molecule has 0 saturated carbocycles. The fourth-order valence-electron chi connectivity index (χ4n) is 4.82. The number of rotatable bonds is 33. The average molecular weight is 656 g/mol. The van der Waals surface area contributed by atoms with E-state index in [1.807, 2.05) is 21.1 Å². The van der Waals surface area contributed by atoms with Crippen LogP contribution in [-0.4, -0.2) is 82.3 Å². The predicted octanol–water partition coefficient (Wildman–Crippen LogP) is 7.04. The minimum absolute atomic E-state index is 0.148. The van der Waals surface area contributed by atoms with Crippen LogP contribution < -0.4 is 5.11 Å². The first-order chi connectivity index (χ1) is 22.1. The Hall–Kier alpha value is -1.97. The van der Waals surface area contributed by atoms with Crippen LogP contribution in [0.25, 0.3) is 0 Å². The number of carboxylic acids is 1. The Kier molecular flexibility index (Phi) is 29.1. The average Bonchev–Trinajstić information content (AvgIpc) is 3.00. The highest BCUT2D eigenvalue weighted by molar-refractivity contribution is 5.70. The fraction of sp³-hybridized carbons (Fsp3) is 0.865. The Morgan fingerprint density at radius 1 is 0.630 bits per heavy atom. The first-order valence-corrected chi connectivity index (χ1v) is 18.3. The van der Waals surface area contributed by atoms with Gasteiger partial charge in [0.25, 0.3) is 0 Å². The molecule has 0 aromatic rings. The quantitative estimate of drug-likeness (QED) is 0.0243. The van der Waals surface area contributed by atoms with Crippen LogP contribution in [0.4, 0.5) is 0 Å². The van der Waals surface area contributed by atoms with Gasteiger partial charge in [-0.2, -0.15) is 0 Å². The molecule has 0 bridgehead atoms. The molecule has 9 heteroatoms. The molecular formula is C37H69NO8. The molecule has 0 amide bonds. The maximum atomic E-state index is 12.6. The van der Waals surface area contributed by atoms with Crippen molar-refractivity contribution in [1.82, 2.24) is 0 Å². The number of aliphatic carboxylic acids is 1. The standard InChI is InChI=1S/C37H69NO8/c1-6-8-10-12-14-15-16-17-18-19-20-21-22-24-26-28-35(40)46-33(31-44-34(39)27-25-23-13-11-9-7-2)32-45-37(36(41)42)43-30-29-38(3,4)5/h17-18,33,37H,6-16,19-32H2,1-5H3/b18-17-. The zero-order valence-corrected chi connectivity index (χ0v) is 30.2. The van der Waals surface area contributed by atoms with Crippen LogP contribution >= 0.6 is 0 Å². The van der Waals surface area contributed by atoms with Crippen LogP contribution in [0, 0.1) is 0 Å². The van der Waals surface area contributed by atoms with Gasteiger partial charge in [-0.05, 0) is 38.5 Å². The molecule has 0 aliphatic carbocycles. The molecule has 0 rings (SSSR count). The highest BCUT2D eigenvalue weighted by Gasteiger charge is 2.21. The van der Waals surface area contributed by atoms with E-state index in [9.17, 15) is 19.5 Å². The summed E-state index contributed by atoms with van der Waals surface area (Å²) in [4.78, 5) is 36.5. The molecule has 0 aromatic carbocycles. The second-order valence-corrected chi connectivity index (χ2v) is 13.5. The van der Waals surface area contributed by atoms with Gasteiger partial charge in [-0.25, -0.2) is 0 Å². The van der Waals surface area contributed by atoms with Crippen molar-refractivity contribution in [3.63, 3.8) is 0 Å². The molecule has 0 heterocycles. The number of likely N-dealkylation sites (N-methyl/N-ethyl adjacent to an activating group) is 1. The summed E-state index contributed by atoms with van der Waals surface area (Å²) in [6.07, 6.45) is 24.1. The molecule has 0 fully saturated rings. The van der Waals surface area contributed by atoms with Gasteiger partial charge in [-0.3, -0.25) is 9.59 Å². The van der Waals surface area contributed by atoms with Crippen molar-refractivity contribution in [3.05, 3.63) is 12.2 Å². The summed E-state index contributed by atoms with van der Waals surface area (Å²) in [6.45, 7) is 4.63. The normalized spacial score (nSPS) is 13.2. The number of hydrogen-bond acceptors (Lipinski definition) is 8. The number of carboxylic acid groups (broad SMARTS) is 1. The number of allylic oxidation sites excluding steroid dienone is 2. The molecule has 9 nitrogen and oxygen atoms in total. The van der Waals surface area contributed by atoms with Crippen molar-refractivity contribution < 1.29 is 42.9 Å². The summed E-state index contributed by atoms with van der Waals surface area (Å²) in [5, 5.41) is 11.6. The number of esters is 2. The van der Waals surface area contributed by atoms with Crippen molar-refractivity contribution >= 4 is 17.9 Å². The number of unbranched alkanes of at least 4 members (excludes halogenated alkanes) is 16. The summed E-state index contributed by atoms with van der Waals surface area (Å²) in [5.41, 5.74) is 0. The second kappa shape index (κ2) is 30.4. The van der Waals surface area contributed by atoms with Gasteiger partial charge in [0.1, 0.15) is 13.2 Å². The van der Waals surface area contributed by atoms with Gasteiger partial charge >= 0.3 is 11.9 Å². The molecular weight excluding hydrogens is 586 g/mol. The Morgan fingerprint density at radius 3 is 1.61 bits per heavy atom. The van der Waals surface area contributed by atoms with Crippen molar-refractivity contribution in [3.8, 4) is 0 Å². The van der Waals surface area contributed by atoms with Crippen molar-refractivity contribution in [1.29, 1.82) is 0 Å².